The van der Waals surface area contributed by atoms with Gasteiger partial charge in [-0.3, -0.25) is 4.21 Å². The molecule has 1 atom stereocenters. The molecule has 3 nitrogen and oxygen atoms in total. The van der Waals surface area contributed by atoms with E-state index in [-0.39, 0.29) is 0 Å². The zero-order chi connectivity index (χ0) is 8.55. The van der Waals surface area contributed by atoms with Crippen molar-refractivity contribution in [1.82, 2.24) is 9.97 Å². The standard InChI is InChI=1S/C7H6N2OS2/c1-12(10)7-9-5-3-2-4-8-6(5)11-7/h2-4H,1H3. The van der Waals surface area contributed by atoms with E-state index in [0.29, 0.717) is 4.34 Å². The van der Waals surface area contributed by atoms with Crippen molar-refractivity contribution in [3.05, 3.63) is 18.3 Å². The van der Waals surface area contributed by atoms with Gasteiger partial charge in [-0.25, -0.2) is 9.97 Å². The Kier molecular flexibility index (Phi) is 1.90. The second-order valence-corrected chi connectivity index (χ2v) is 4.79. The molecule has 1 unspecified atom stereocenters. The molecule has 2 heterocycles. The SMILES string of the molecule is CS(=O)c1nc2cccnc2s1. The van der Waals surface area contributed by atoms with E-state index in [4.69, 9.17) is 0 Å². The number of pyridine rings is 1. The van der Waals surface area contributed by atoms with Crippen molar-refractivity contribution in [2.24, 2.45) is 0 Å². The molecule has 0 fully saturated rings. The van der Waals surface area contributed by atoms with Crippen LogP contribution in [0.15, 0.2) is 22.7 Å². The predicted molar refractivity (Wildman–Crippen MR) is 49.7 cm³/mol. The molecule has 62 valence electrons. The van der Waals surface area contributed by atoms with Gasteiger partial charge in [-0.15, -0.1) is 0 Å². The zero-order valence-electron chi connectivity index (χ0n) is 6.35. The first kappa shape index (κ1) is 7.82. The second kappa shape index (κ2) is 2.91. The molecule has 2 aromatic rings. The highest BCUT2D eigenvalue weighted by molar-refractivity contribution is 7.86. The molecule has 0 saturated heterocycles. The maximum Gasteiger partial charge on any atom is 0.183 e. The molecule has 5 heteroatoms. The number of aromatic nitrogens is 2. The van der Waals surface area contributed by atoms with Crippen LogP contribution in [-0.4, -0.2) is 20.4 Å². The van der Waals surface area contributed by atoms with Crippen molar-refractivity contribution in [2.75, 3.05) is 6.26 Å². The van der Waals surface area contributed by atoms with Crippen molar-refractivity contribution in [3.63, 3.8) is 0 Å². The molecule has 0 aliphatic carbocycles. The highest BCUT2D eigenvalue weighted by Crippen LogP contribution is 2.20. The number of hydrogen-bond donors (Lipinski definition) is 0. The molecule has 0 radical (unpaired) electrons. The van der Waals surface area contributed by atoms with Crippen LogP contribution in [0, 0.1) is 0 Å². The van der Waals surface area contributed by atoms with Crippen molar-refractivity contribution in [2.45, 2.75) is 4.34 Å². The van der Waals surface area contributed by atoms with Crippen LogP contribution in [0.2, 0.25) is 0 Å². The van der Waals surface area contributed by atoms with Gasteiger partial charge in [-0.1, -0.05) is 11.3 Å². The molecule has 0 aliphatic heterocycles. The fourth-order valence-electron chi connectivity index (χ4n) is 0.873. The Morgan fingerprint density at radius 3 is 3.08 bits per heavy atom. The van der Waals surface area contributed by atoms with Gasteiger partial charge in [0.2, 0.25) is 0 Å². The number of fused-ring (bicyclic) bond motifs is 1. The van der Waals surface area contributed by atoms with Gasteiger partial charge in [0.15, 0.2) is 4.34 Å². The highest BCUT2D eigenvalue weighted by Gasteiger charge is 2.05. The predicted octanol–water partition coefficient (Wildman–Crippen LogP) is 1.43. The molecule has 2 rings (SSSR count). The van der Waals surface area contributed by atoms with Crippen LogP contribution in [0.3, 0.4) is 0 Å². The third-order valence-corrected chi connectivity index (χ3v) is 3.70. The van der Waals surface area contributed by atoms with E-state index >= 15 is 0 Å². The quantitative estimate of drug-likeness (QED) is 0.696. The summed E-state index contributed by atoms with van der Waals surface area (Å²) in [6, 6.07) is 3.69. The molecule has 0 aliphatic rings. The van der Waals surface area contributed by atoms with Crippen LogP contribution in [-0.2, 0) is 10.8 Å². The Balaban J connectivity index is 2.70. The minimum atomic E-state index is -0.994. The summed E-state index contributed by atoms with van der Waals surface area (Å²) in [6.07, 6.45) is 3.33. The maximum atomic E-state index is 11.0. The average Bonchev–Trinajstić information content (AvgIpc) is 2.46. The van der Waals surface area contributed by atoms with Crippen LogP contribution < -0.4 is 0 Å². The van der Waals surface area contributed by atoms with Crippen LogP contribution in [0.4, 0.5) is 0 Å². The van der Waals surface area contributed by atoms with Gasteiger partial charge in [0, 0.05) is 12.5 Å². The number of hydrogen-bond acceptors (Lipinski definition) is 4. The fraction of sp³-hybridized carbons (Fsp3) is 0.143. The van der Waals surface area contributed by atoms with E-state index in [2.05, 4.69) is 9.97 Å². The lowest BCUT2D eigenvalue weighted by Crippen LogP contribution is -1.83. The van der Waals surface area contributed by atoms with Gasteiger partial charge < -0.3 is 0 Å². The van der Waals surface area contributed by atoms with E-state index in [9.17, 15) is 4.21 Å². The molecule has 0 saturated carbocycles. The lowest BCUT2D eigenvalue weighted by Gasteiger charge is -1.80. The van der Waals surface area contributed by atoms with E-state index in [1.54, 1.807) is 12.5 Å². The monoisotopic (exact) mass is 198 g/mol. The topological polar surface area (TPSA) is 42.9 Å². The molecule has 12 heavy (non-hydrogen) atoms. The fourth-order valence-corrected chi connectivity index (χ4v) is 2.45. The van der Waals surface area contributed by atoms with Crippen LogP contribution in [0.5, 0.6) is 0 Å². The van der Waals surface area contributed by atoms with E-state index in [0.717, 1.165) is 10.3 Å². The zero-order valence-corrected chi connectivity index (χ0v) is 7.98. The van der Waals surface area contributed by atoms with E-state index in [1.165, 1.54) is 11.3 Å². The highest BCUT2D eigenvalue weighted by atomic mass is 32.2. The van der Waals surface area contributed by atoms with Crippen LogP contribution in [0.1, 0.15) is 0 Å². The summed E-state index contributed by atoms with van der Waals surface area (Å²) in [5.74, 6) is 0. The number of nitrogens with zero attached hydrogens (tertiary/aromatic N) is 2. The maximum absolute atomic E-state index is 11.0. The van der Waals surface area contributed by atoms with Crippen LogP contribution in [0.25, 0.3) is 10.3 Å². The molecule has 0 aromatic carbocycles. The summed E-state index contributed by atoms with van der Waals surface area (Å²) in [6.45, 7) is 0. The van der Waals surface area contributed by atoms with Crippen molar-refractivity contribution >= 4 is 32.5 Å². The smallest absolute Gasteiger partial charge is 0.183 e. The summed E-state index contributed by atoms with van der Waals surface area (Å²) in [5, 5.41) is 0. The first-order chi connectivity index (χ1) is 5.77. The average molecular weight is 198 g/mol. The van der Waals surface area contributed by atoms with Gasteiger partial charge >= 0.3 is 0 Å². The van der Waals surface area contributed by atoms with Crippen molar-refractivity contribution < 1.29 is 4.21 Å². The lowest BCUT2D eigenvalue weighted by molar-refractivity contribution is 0.686. The Bertz CT molecular complexity index is 405. The first-order valence-corrected chi connectivity index (χ1v) is 5.70. The molecular formula is C7H6N2OS2. The van der Waals surface area contributed by atoms with Gasteiger partial charge in [-0.2, -0.15) is 0 Å². The summed E-state index contributed by atoms with van der Waals surface area (Å²) in [5.41, 5.74) is 0.827. The lowest BCUT2D eigenvalue weighted by atomic mass is 10.5. The normalized spacial score (nSPS) is 13.4. The molecule has 0 N–H and O–H groups in total. The largest absolute Gasteiger partial charge is 0.252 e. The van der Waals surface area contributed by atoms with E-state index < -0.39 is 10.8 Å². The van der Waals surface area contributed by atoms with Gasteiger partial charge in [-0.05, 0) is 12.1 Å². The number of thiazole rings is 1. The minimum absolute atomic E-state index is 0.642. The molecular weight excluding hydrogens is 192 g/mol. The molecule has 2 aromatic heterocycles. The number of rotatable bonds is 1. The summed E-state index contributed by atoms with van der Waals surface area (Å²) in [4.78, 5) is 9.12. The molecule has 0 spiro atoms. The van der Waals surface area contributed by atoms with Gasteiger partial charge in [0.1, 0.15) is 10.3 Å². The molecule has 0 amide bonds. The Morgan fingerprint density at radius 2 is 2.42 bits per heavy atom. The summed E-state index contributed by atoms with van der Waals surface area (Å²) < 4.78 is 11.7. The Hall–Kier alpha value is -0.810. The second-order valence-electron chi connectivity index (χ2n) is 2.26. The van der Waals surface area contributed by atoms with Gasteiger partial charge in [0.25, 0.3) is 0 Å². The Morgan fingerprint density at radius 1 is 1.58 bits per heavy atom. The Labute approximate surface area is 75.9 Å². The minimum Gasteiger partial charge on any atom is -0.252 e. The summed E-state index contributed by atoms with van der Waals surface area (Å²) >= 11 is 1.38. The molecule has 0 bridgehead atoms. The third kappa shape index (κ3) is 1.25. The van der Waals surface area contributed by atoms with Crippen molar-refractivity contribution in [1.29, 1.82) is 0 Å². The van der Waals surface area contributed by atoms with Gasteiger partial charge in [0.05, 0.1) is 10.8 Å². The summed E-state index contributed by atoms with van der Waals surface area (Å²) in [7, 11) is -0.994. The van der Waals surface area contributed by atoms with Crippen LogP contribution >= 0.6 is 11.3 Å². The van der Waals surface area contributed by atoms with E-state index in [1.807, 2.05) is 12.1 Å². The first-order valence-electron chi connectivity index (χ1n) is 3.32. The third-order valence-electron chi connectivity index (χ3n) is 1.39. The van der Waals surface area contributed by atoms with Crippen molar-refractivity contribution in [3.8, 4) is 0 Å².